The van der Waals surface area contributed by atoms with Gasteiger partial charge in [-0.05, 0) is 118 Å². The largest absolute Gasteiger partial charge is 0.457 e. The first-order valence-corrected chi connectivity index (χ1v) is 20.9. The lowest BCUT2D eigenvalue weighted by atomic mass is 9.86. The minimum Gasteiger partial charge on any atom is -0.457 e. The van der Waals surface area contributed by atoms with Gasteiger partial charge in [-0.25, -0.2) is 4.68 Å². The summed E-state index contributed by atoms with van der Waals surface area (Å²) in [6.07, 6.45) is 7.58. The van der Waals surface area contributed by atoms with E-state index in [2.05, 4.69) is 15.5 Å². The van der Waals surface area contributed by atoms with E-state index >= 15 is 0 Å². The van der Waals surface area contributed by atoms with Gasteiger partial charge >= 0.3 is 0 Å². The van der Waals surface area contributed by atoms with E-state index in [1.807, 2.05) is 65.3 Å². The van der Waals surface area contributed by atoms with E-state index in [-0.39, 0.29) is 24.8 Å². The second-order valence-corrected chi connectivity index (χ2v) is 16.3. The molecule has 57 heavy (non-hydrogen) atoms. The molecule has 5 heterocycles. The molecule has 1 aromatic heterocycles. The molecule has 296 valence electrons. The Morgan fingerprint density at radius 3 is 2.35 bits per heavy atom. The number of aromatic nitrogens is 2. The van der Waals surface area contributed by atoms with E-state index in [4.69, 9.17) is 15.6 Å². The van der Waals surface area contributed by atoms with E-state index in [0.717, 1.165) is 98.0 Å². The first-order chi connectivity index (χ1) is 27.8. The van der Waals surface area contributed by atoms with Crippen LogP contribution in [0.15, 0.2) is 77.7 Å². The zero-order valence-corrected chi connectivity index (χ0v) is 32.6. The number of nitrogens with one attached hydrogen (secondary N) is 2. The molecule has 14 heteroatoms. The van der Waals surface area contributed by atoms with Crippen LogP contribution in [-0.4, -0.2) is 87.1 Å². The number of primary amides is 1. The third kappa shape index (κ3) is 8.06. The number of anilines is 1. The van der Waals surface area contributed by atoms with Crippen molar-refractivity contribution in [1.29, 1.82) is 0 Å². The molecule has 4 aliphatic heterocycles. The number of ether oxygens (including phenoxy) is 1. The molecule has 2 unspecified atom stereocenters. The number of imide groups is 2. The summed E-state index contributed by atoms with van der Waals surface area (Å²) in [5, 5.41) is 10.7. The normalized spacial score (nSPS) is 19.9. The number of likely N-dealkylation sites (tertiary alicyclic amines) is 1. The summed E-state index contributed by atoms with van der Waals surface area (Å²) in [4.78, 5) is 67.7. The van der Waals surface area contributed by atoms with Crippen LogP contribution in [0.2, 0.25) is 0 Å². The molecule has 4 N–H and O–H groups in total. The molecule has 0 bridgehead atoms. The predicted octanol–water partition coefficient (Wildman–Crippen LogP) is 6.26. The summed E-state index contributed by atoms with van der Waals surface area (Å²) in [5.41, 5.74) is 8.48. The number of benzene rings is 3. The molecule has 2 saturated heterocycles. The Morgan fingerprint density at radius 1 is 0.842 bits per heavy atom. The highest BCUT2D eigenvalue weighted by Crippen LogP contribution is 2.41. The summed E-state index contributed by atoms with van der Waals surface area (Å²) in [7, 11) is 0. The molecule has 8 rings (SSSR count). The van der Waals surface area contributed by atoms with E-state index in [0.29, 0.717) is 39.9 Å². The summed E-state index contributed by atoms with van der Waals surface area (Å²) >= 11 is 1.57. The summed E-state index contributed by atoms with van der Waals surface area (Å²) < 4.78 is 7.99. The molecular weight excluding hydrogens is 743 g/mol. The Kier molecular flexibility index (Phi) is 11.4. The Hall–Kier alpha value is -5.47. The highest BCUT2D eigenvalue weighted by Gasteiger charge is 2.45. The lowest BCUT2D eigenvalue weighted by molar-refractivity contribution is -0.136. The number of piperidine rings is 2. The van der Waals surface area contributed by atoms with Gasteiger partial charge in [0.1, 0.15) is 34.6 Å². The molecule has 4 aromatic rings. The molecule has 2 fully saturated rings. The highest BCUT2D eigenvalue weighted by molar-refractivity contribution is 7.99. The van der Waals surface area contributed by atoms with Gasteiger partial charge in [-0.3, -0.25) is 34.2 Å². The first kappa shape index (κ1) is 38.4. The number of hydrogen-bond acceptors (Lipinski definition) is 10. The smallest absolute Gasteiger partial charge is 0.263 e. The Labute approximate surface area is 335 Å². The molecule has 0 spiro atoms. The predicted molar refractivity (Wildman–Crippen MR) is 216 cm³/mol. The van der Waals surface area contributed by atoms with Crippen molar-refractivity contribution in [3.63, 3.8) is 0 Å². The molecule has 2 atom stereocenters. The number of amides is 5. The summed E-state index contributed by atoms with van der Waals surface area (Å²) in [5.74, 6) is 1.02. The fourth-order valence-electron chi connectivity index (χ4n) is 8.62. The van der Waals surface area contributed by atoms with Gasteiger partial charge in [0.05, 0.1) is 17.2 Å². The number of nitrogens with two attached hydrogens (primary N) is 1. The Balaban J connectivity index is 0.794. The van der Waals surface area contributed by atoms with E-state index in [1.165, 1.54) is 0 Å². The lowest BCUT2D eigenvalue weighted by Crippen LogP contribution is -2.54. The van der Waals surface area contributed by atoms with Gasteiger partial charge < -0.3 is 20.7 Å². The second-order valence-electron chi connectivity index (χ2n) is 15.2. The standard InChI is InChI=1S/C43H47N7O6S/c44-39(52)37-38(28-13-15-30(16-14-28)56-29-9-4-3-5-10-29)47-50-32(19-22-45-40(37)50)27-20-24-48(25-21-27)23-6-1-2-7-26-57-34-12-8-11-31-36(34)43(55)49(42(31)54)33-17-18-35(51)46-41(33)53/h3-5,8-16,27,32-33,45H,1-2,6-7,17-26H2,(H2,44,52)(H,46,51,53). The van der Waals surface area contributed by atoms with Crippen molar-refractivity contribution in [3.8, 4) is 22.8 Å². The van der Waals surface area contributed by atoms with Crippen LogP contribution >= 0.6 is 11.8 Å². The average molecular weight is 790 g/mol. The third-order valence-corrected chi connectivity index (χ3v) is 12.7. The van der Waals surface area contributed by atoms with Crippen LogP contribution in [0.4, 0.5) is 5.82 Å². The van der Waals surface area contributed by atoms with Gasteiger partial charge in [-0.2, -0.15) is 5.10 Å². The quantitative estimate of drug-likeness (QED) is 0.0753. The van der Waals surface area contributed by atoms with Crippen molar-refractivity contribution < 1.29 is 28.7 Å². The van der Waals surface area contributed by atoms with Crippen molar-refractivity contribution in [2.24, 2.45) is 11.7 Å². The van der Waals surface area contributed by atoms with Crippen LogP contribution in [0, 0.1) is 5.92 Å². The van der Waals surface area contributed by atoms with Gasteiger partial charge in [0, 0.05) is 23.4 Å². The van der Waals surface area contributed by atoms with Gasteiger partial charge in [-0.1, -0.05) is 37.1 Å². The van der Waals surface area contributed by atoms with Gasteiger partial charge in [-0.15, -0.1) is 11.8 Å². The second kappa shape index (κ2) is 16.9. The van der Waals surface area contributed by atoms with Crippen LogP contribution < -0.4 is 21.1 Å². The maximum atomic E-state index is 13.4. The maximum absolute atomic E-state index is 13.4. The first-order valence-electron chi connectivity index (χ1n) is 20.0. The van der Waals surface area contributed by atoms with Crippen molar-refractivity contribution in [1.82, 2.24) is 24.9 Å². The SMILES string of the molecule is NC(=O)c1c(-c2ccc(Oc3ccccc3)cc2)nn2c1NCCC2C1CCN(CCCCCCSc2cccc3c2C(=O)N(C2CCC(=O)NC2=O)C3=O)CC1. The maximum Gasteiger partial charge on any atom is 0.263 e. The number of fused-ring (bicyclic) bond motifs is 2. The van der Waals surface area contributed by atoms with E-state index in [9.17, 15) is 24.0 Å². The van der Waals surface area contributed by atoms with Crippen LogP contribution in [0.25, 0.3) is 11.3 Å². The average Bonchev–Trinajstić information content (AvgIpc) is 3.74. The van der Waals surface area contributed by atoms with E-state index in [1.54, 1.807) is 23.9 Å². The van der Waals surface area contributed by atoms with Crippen molar-refractivity contribution in [2.75, 3.05) is 37.2 Å². The topological polar surface area (TPSA) is 169 Å². The minimum absolute atomic E-state index is 0.0975. The Morgan fingerprint density at radius 2 is 1.60 bits per heavy atom. The zero-order chi connectivity index (χ0) is 39.5. The number of rotatable bonds is 14. The number of para-hydroxylation sites is 1. The molecule has 3 aromatic carbocycles. The van der Waals surface area contributed by atoms with Crippen molar-refractivity contribution in [3.05, 3.63) is 89.5 Å². The molecule has 5 amide bonds. The van der Waals surface area contributed by atoms with Gasteiger partial charge in [0.15, 0.2) is 0 Å². The van der Waals surface area contributed by atoms with E-state index < -0.39 is 29.7 Å². The third-order valence-electron chi connectivity index (χ3n) is 11.5. The van der Waals surface area contributed by atoms with Crippen LogP contribution in [0.5, 0.6) is 11.5 Å². The molecule has 0 radical (unpaired) electrons. The van der Waals surface area contributed by atoms with Crippen LogP contribution in [0.1, 0.15) is 94.9 Å². The molecule has 0 saturated carbocycles. The van der Waals surface area contributed by atoms with Crippen LogP contribution in [0.3, 0.4) is 0 Å². The molecule has 4 aliphatic rings. The number of carbonyl (C=O) groups is 5. The zero-order valence-electron chi connectivity index (χ0n) is 31.8. The van der Waals surface area contributed by atoms with Gasteiger partial charge in [0.25, 0.3) is 17.7 Å². The molecule has 13 nitrogen and oxygen atoms in total. The van der Waals surface area contributed by atoms with Crippen LogP contribution in [-0.2, 0) is 9.59 Å². The summed E-state index contributed by atoms with van der Waals surface area (Å²) in [6.45, 7) is 3.88. The van der Waals surface area contributed by atoms with Crippen molar-refractivity contribution in [2.45, 2.75) is 74.8 Å². The molecular formula is C43H47N7O6S. The number of hydrogen-bond donors (Lipinski definition) is 3. The monoisotopic (exact) mass is 789 g/mol. The fourth-order valence-corrected chi connectivity index (χ4v) is 9.70. The number of thioether (sulfide) groups is 1. The van der Waals surface area contributed by atoms with Gasteiger partial charge in [0.2, 0.25) is 11.8 Å². The number of carbonyl (C=O) groups excluding carboxylic acids is 5. The fraction of sp³-hybridized carbons (Fsp3) is 0.395. The Bertz CT molecular complexity index is 2170. The van der Waals surface area contributed by atoms with Crippen molar-refractivity contribution >= 4 is 47.1 Å². The number of nitrogens with zero attached hydrogens (tertiary/aromatic N) is 4. The number of unbranched alkanes of at least 4 members (excludes halogenated alkanes) is 3. The summed E-state index contributed by atoms with van der Waals surface area (Å²) in [6, 6.07) is 21.7. The highest BCUT2D eigenvalue weighted by atomic mass is 32.2. The lowest BCUT2D eigenvalue weighted by Gasteiger charge is -2.38. The minimum atomic E-state index is -0.964. The molecule has 0 aliphatic carbocycles.